The molecule has 6 rings (SSSR count). The summed E-state index contributed by atoms with van der Waals surface area (Å²) in [5.74, 6) is 0.369. The van der Waals surface area contributed by atoms with Crippen LogP contribution in [0.4, 0.5) is 0 Å². The van der Waals surface area contributed by atoms with E-state index in [2.05, 4.69) is 26.0 Å². The fraction of sp³-hybridized carbons (Fsp3) is 0.400. The van der Waals surface area contributed by atoms with Crippen LogP contribution in [0.3, 0.4) is 0 Å². The Bertz CT molecular complexity index is 1790. The molecule has 0 amide bonds. The van der Waals surface area contributed by atoms with Gasteiger partial charge in [0.1, 0.15) is 22.3 Å². The van der Waals surface area contributed by atoms with Crippen LogP contribution in [0.2, 0.25) is 0 Å². The molecule has 0 atom stereocenters. The van der Waals surface area contributed by atoms with Crippen LogP contribution >= 0.6 is 0 Å². The largest absolute Gasteiger partial charge is 0.456 e. The predicted octanol–water partition coefficient (Wildman–Crippen LogP) is 12.5. The lowest BCUT2D eigenvalue weighted by atomic mass is 9.97. The molecule has 0 fully saturated rings. The molecule has 0 aliphatic rings. The Morgan fingerprint density at radius 2 is 0.841 bits per heavy atom. The van der Waals surface area contributed by atoms with Crippen molar-refractivity contribution in [3.05, 3.63) is 71.8 Å². The minimum Gasteiger partial charge on any atom is -0.456 e. The summed E-state index contributed by atoms with van der Waals surface area (Å²) in [4.78, 5) is 25.9. The average Bonchev–Trinajstić information content (AvgIpc) is 3.61. The molecule has 2 heterocycles. The zero-order chi connectivity index (χ0) is 30.5. The Labute approximate surface area is 259 Å². The molecule has 4 heteroatoms. The van der Waals surface area contributed by atoms with Crippen molar-refractivity contribution in [1.82, 2.24) is 0 Å². The number of hydrogen-bond acceptors (Lipinski definition) is 4. The molecule has 0 aliphatic heterocycles. The highest BCUT2D eigenvalue weighted by atomic mass is 16.3. The first-order chi connectivity index (χ1) is 21.6. The summed E-state index contributed by atoms with van der Waals surface area (Å²) in [7, 11) is 0. The van der Waals surface area contributed by atoms with E-state index < -0.39 is 0 Å². The van der Waals surface area contributed by atoms with Gasteiger partial charge in [-0.2, -0.15) is 0 Å². The fourth-order valence-electron chi connectivity index (χ4n) is 6.72. The SMILES string of the molecule is CCCCCCCCC(=O)c1ccc2c(c1)oc1ccc3c(ccc4oc5cc(C(=O)CCCCCCCC)ccc5c43)c12. The number of carbonyl (C=O) groups is 2. The van der Waals surface area contributed by atoms with Gasteiger partial charge in [0, 0.05) is 45.5 Å². The van der Waals surface area contributed by atoms with Crippen LogP contribution in [0.25, 0.3) is 54.6 Å². The zero-order valence-electron chi connectivity index (χ0n) is 26.3. The summed E-state index contributed by atoms with van der Waals surface area (Å²) in [5.41, 5.74) is 4.54. The van der Waals surface area contributed by atoms with E-state index in [1.54, 1.807) is 0 Å². The van der Waals surface area contributed by atoms with E-state index in [9.17, 15) is 9.59 Å². The van der Waals surface area contributed by atoms with E-state index in [-0.39, 0.29) is 11.6 Å². The van der Waals surface area contributed by atoms with Crippen molar-refractivity contribution in [2.45, 2.75) is 104 Å². The average molecular weight is 589 g/mol. The summed E-state index contributed by atoms with van der Waals surface area (Å²) in [6.07, 6.45) is 15.2. The number of rotatable bonds is 16. The van der Waals surface area contributed by atoms with E-state index in [0.717, 1.165) is 91.5 Å². The molecule has 0 saturated heterocycles. The number of furan rings is 2. The van der Waals surface area contributed by atoms with Crippen LogP contribution in [0.15, 0.2) is 69.5 Å². The van der Waals surface area contributed by atoms with Crippen molar-refractivity contribution >= 4 is 66.2 Å². The van der Waals surface area contributed by atoms with Gasteiger partial charge in [-0.1, -0.05) is 90.2 Å². The smallest absolute Gasteiger partial charge is 0.163 e. The van der Waals surface area contributed by atoms with Crippen molar-refractivity contribution in [2.24, 2.45) is 0 Å². The Hall–Kier alpha value is -3.92. The van der Waals surface area contributed by atoms with Crippen LogP contribution in [-0.2, 0) is 0 Å². The van der Waals surface area contributed by atoms with Gasteiger partial charge in [0.05, 0.1) is 0 Å². The molecule has 0 unspecified atom stereocenters. The first-order valence-corrected chi connectivity index (χ1v) is 16.9. The van der Waals surface area contributed by atoms with Crippen molar-refractivity contribution in [3.8, 4) is 0 Å². The molecule has 0 bridgehead atoms. The number of Topliss-reactive ketones (excluding diaryl/α,β-unsaturated/α-hetero) is 2. The molecule has 0 aliphatic carbocycles. The first kappa shape index (κ1) is 30.1. The third-order valence-electron chi connectivity index (χ3n) is 9.22. The van der Waals surface area contributed by atoms with E-state index in [1.165, 1.54) is 51.4 Å². The Balaban J connectivity index is 1.26. The van der Waals surface area contributed by atoms with Gasteiger partial charge in [0.25, 0.3) is 0 Å². The summed E-state index contributed by atoms with van der Waals surface area (Å²) in [6, 6.07) is 20.0. The van der Waals surface area contributed by atoms with E-state index in [1.807, 2.05) is 48.5 Å². The number of hydrogen-bond donors (Lipinski definition) is 0. The zero-order valence-corrected chi connectivity index (χ0v) is 26.3. The molecule has 0 spiro atoms. The normalized spacial score (nSPS) is 12.0. The maximum Gasteiger partial charge on any atom is 0.163 e. The quantitative estimate of drug-likeness (QED) is 0.0833. The summed E-state index contributed by atoms with van der Waals surface area (Å²) >= 11 is 0. The maximum absolute atomic E-state index is 12.9. The summed E-state index contributed by atoms with van der Waals surface area (Å²) < 4.78 is 12.6. The van der Waals surface area contributed by atoms with Crippen molar-refractivity contribution < 1.29 is 18.4 Å². The summed E-state index contributed by atoms with van der Waals surface area (Å²) in [5, 5.41) is 6.30. The van der Waals surface area contributed by atoms with Crippen LogP contribution in [0.1, 0.15) is 124 Å². The lowest BCUT2D eigenvalue weighted by Crippen LogP contribution is -1.98. The van der Waals surface area contributed by atoms with Crippen LogP contribution in [-0.4, -0.2) is 11.6 Å². The van der Waals surface area contributed by atoms with Crippen LogP contribution in [0, 0.1) is 0 Å². The third-order valence-corrected chi connectivity index (χ3v) is 9.22. The molecule has 4 aromatic carbocycles. The topological polar surface area (TPSA) is 60.4 Å². The third kappa shape index (κ3) is 6.18. The standard InChI is InChI=1S/C40H44O4/c1-3-5-7-9-11-13-15-33(41)27-17-19-31-37(25-27)43-35-23-21-30-29(39(31)35)22-24-36-40(30)32-20-18-28(26-38(32)44-36)34(42)16-14-12-10-8-6-4-2/h17-26H,3-16H2,1-2H3. The number of ketones is 2. The molecule has 0 N–H and O–H groups in total. The van der Waals surface area contributed by atoms with Crippen molar-refractivity contribution in [2.75, 3.05) is 0 Å². The highest BCUT2D eigenvalue weighted by Crippen LogP contribution is 2.41. The molecular formula is C40H44O4. The molecule has 2 aromatic heterocycles. The van der Waals surface area contributed by atoms with Crippen molar-refractivity contribution in [3.63, 3.8) is 0 Å². The molecule has 6 aromatic rings. The molecular weight excluding hydrogens is 544 g/mol. The van der Waals surface area contributed by atoms with Crippen LogP contribution in [0.5, 0.6) is 0 Å². The lowest BCUT2D eigenvalue weighted by molar-refractivity contribution is 0.0971. The monoisotopic (exact) mass is 588 g/mol. The highest BCUT2D eigenvalue weighted by molar-refractivity contribution is 6.27. The minimum atomic E-state index is 0.184. The number of benzene rings is 4. The van der Waals surface area contributed by atoms with Gasteiger partial charge in [-0.3, -0.25) is 9.59 Å². The molecule has 44 heavy (non-hydrogen) atoms. The minimum absolute atomic E-state index is 0.184. The van der Waals surface area contributed by atoms with Gasteiger partial charge in [-0.05, 0) is 72.1 Å². The second-order valence-electron chi connectivity index (χ2n) is 12.5. The number of fused-ring (bicyclic) bond motifs is 9. The fourth-order valence-corrected chi connectivity index (χ4v) is 6.72. The Kier molecular flexibility index (Phi) is 9.45. The second-order valence-corrected chi connectivity index (χ2v) is 12.5. The van der Waals surface area contributed by atoms with Gasteiger partial charge >= 0.3 is 0 Å². The van der Waals surface area contributed by atoms with E-state index in [0.29, 0.717) is 12.8 Å². The maximum atomic E-state index is 12.9. The molecule has 228 valence electrons. The van der Waals surface area contributed by atoms with E-state index in [4.69, 9.17) is 8.83 Å². The van der Waals surface area contributed by atoms with Gasteiger partial charge in [-0.15, -0.1) is 0 Å². The van der Waals surface area contributed by atoms with Gasteiger partial charge < -0.3 is 8.83 Å². The number of unbranched alkanes of at least 4 members (excludes halogenated alkanes) is 10. The summed E-state index contributed by atoms with van der Waals surface area (Å²) in [6.45, 7) is 4.44. The second kappa shape index (κ2) is 13.8. The highest BCUT2D eigenvalue weighted by Gasteiger charge is 2.18. The van der Waals surface area contributed by atoms with E-state index >= 15 is 0 Å². The van der Waals surface area contributed by atoms with Gasteiger partial charge in [0.2, 0.25) is 0 Å². The van der Waals surface area contributed by atoms with Crippen molar-refractivity contribution in [1.29, 1.82) is 0 Å². The lowest BCUT2D eigenvalue weighted by Gasteiger charge is -2.03. The molecule has 0 saturated carbocycles. The number of carbonyl (C=O) groups excluding carboxylic acids is 2. The first-order valence-electron chi connectivity index (χ1n) is 16.9. The predicted molar refractivity (Wildman–Crippen MR) is 183 cm³/mol. The molecule has 4 nitrogen and oxygen atoms in total. The van der Waals surface area contributed by atoms with Gasteiger partial charge in [-0.25, -0.2) is 0 Å². The molecule has 0 radical (unpaired) electrons. The Morgan fingerprint density at radius 3 is 1.27 bits per heavy atom. The van der Waals surface area contributed by atoms with Crippen LogP contribution < -0.4 is 0 Å². The Morgan fingerprint density at radius 1 is 0.455 bits per heavy atom. The van der Waals surface area contributed by atoms with Gasteiger partial charge in [0.15, 0.2) is 11.6 Å².